The fraction of sp³-hybridized carbons (Fsp3) is 0.471. The minimum Gasteiger partial charge on any atom is -0.462 e. The van der Waals surface area contributed by atoms with Crippen LogP contribution in [0.4, 0.5) is 18.9 Å². The van der Waals surface area contributed by atoms with Crippen molar-refractivity contribution in [1.82, 2.24) is 25.1 Å². The first kappa shape index (κ1) is 31.8. The largest absolute Gasteiger partial charge is 0.462 e. The second-order valence-electron chi connectivity index (χ2n) is 12.3. The number of nitriles is 1. The van der Waals surface area contributed by atoms with Crippen LogP contribution in [0.15, 0.2) is 42.0 Å². The minimum atomic E-state index is -4.92. The third-order valence-corrected chi connectivity index (χ3v) is 9.28. The third kappa shape index (κ3) is 6.66. The smallest absolute Gasteiger partial charge is 0.421 e. The second-order valence-corrected chi connectivity index (χ2v) is 12.3. The van der Waals surface area contributed by atoms with Gasteiger partial charge in [0.1, 0.15) is 12.2 Å². The number of amides is 1. The molecule has 0 bridgehead atoms. The lowest BCUT2D eigenvalue weighted by Crippen LogP contribution is -2.53. The Morgan fingerprint density at radius 3 is 2.72 bits per heavy atom. The van der Waals surface area contributed by atoms with Crippen LogP contribution < -0.4 is 15.0 Å². The molecule has 3 aliphatic rings. The molecular formula is C34H38F3N7O2. The van der Waals surface area contributed by atoms with Gasteiger partial charge in [0.25, 0.3) is 5.91 Å². The van der Waals surface area contributed by atoms with Crippen LogP contribution in [-0.2, 0) is 17.8 Å². The quantitative estimate of drug-likeness (QED) is 0.377. The molecule has 0 aliphatic carbocycles. The molecule has 2 saturated heterocycles. The van der Waals surface area contributed by atoms with Crippen molar-refractivity contribution in [3.8, 4) is 12.1 Å². The topological polar surface area (TPSA) is 97.6 Å². The van der Waals surface area contributed by atoms with E-state index in [4.69, 9.17) is 15.0 Å². The highest BCUT2D eigenvalue weighted by Crippen LogP contribution is 2.35. The fourth-order valence-electron chi connectivity index (χ4n) is 6.78. The molecule has 46 heavy (non-hydrogen) atoms. The summed E-state index contributed by atoms with van der Waals surface area (Å²) in [5, 5.41) is 14.4. The van der Waals surface area contributed by atoms with Gasteiger partial charge in [0.05, 0.1) is 30.4 Å². The molecule has 0 spiro atoms. The first-order valence-electron chi connectivity index (χ1n) is 15.8. The Balaban J connectivity index is 1.38. The molecule has 2 aromatic carbocycles. The normalized spacial score (nSPS) is 20.9. The average Bonchev–Trinajstić information content (AvgIpc) is 3.45. The number of aryl methyl sites for hydroxylation is 1. The monoisotopic (exact) mass is 633 g/mol. The van der Waals surface area contributed by atoms with E-state index in [0.717, 1.165) is 47.5 Å². The van der Waals surface area contributed by atoms with E-state index in [1.807, 2.05) is 25.2 Å². The highest BCUT2D eigenvalue weighted by Gasteiger charge is 2.42. The summed E-state index contributed by atoms with van der Waals surface area (Å²) < 4.78 is 49.8. The van der Waals surface area contributed by atoms with E-state index in [-0.39, 0.29) is 43.3 Å². The van der Waals surface area contributed by atoms with Gasteiger partial charge in [-0.15, -0.1) is 0 Å². The summed E-state index contributed by atoms with van der Waals surface area (Å²) in [7, 11) is 2.02. The minimum absolute atomic E-state index is 0.00600. The Kier molecular flexibility index (Phi) is 9.15. The van der Waals surface area contributed by atoms with E-state index in [1.165, 1.54) is 4.90 Å². The number of hydrogen-bond acceptors (Lipinski definition) is 8. The van der Waals surface area contributed by atoms with Gasteiger partial charge in [0.2, 0.25) is 0 Å². The van der Waals surface area contributed by atoms with Crippen molar-refractivity contribution in [2.75, 3.05) is 51.3 Å². The van der Waals surface area contributed by atoms with Crippen molar-refractivity contribution in [2.24, 2.45) is 0 Å². The predicted octanol–water partition coefficient (Wildman–Crippen LogP) is 4.63. The first-order chi connectivity index (χ1) is 22.1. The van der Waals surface area contributed by atoms with Gasteiger partial charge in [0.15, 0.2) is 0 Å². The maximum absolute atomic E-state index is 14.6. The molecule has 2 fully saturated rings. The number of nitrogens with one attached hydrogen (secondary N) is 1. The van der Waals surface area contributed by atoms with Crippen LogP contribution in [-0.4, -0.2) is 90.3 Å². The van der Waals surface area contributed by atoms with Gasteiger partial charge in [-0.2, -0.15) is 28.4 Å². The molecule has 3 aliphatic heterocycles. The fourth-order valence-corrected chi connectivity index (χ4v) is 6.78. The zero-order valence-electron chi connectivity index (χ0n) is 26.1. The summed E-state index contributed by atoms with van der Waals surface area (Å²) in [6.07, 6.45) is -1.56. The summed E-state index contributed by atoms with van der Waals surface area (Å²) in [6, 6.07) is 14.1. The molecule has 9 nitrogen and oxygen atoms in total. The van der Waals surface area contributed by atoms with E-state index >= 15 is 0 Å². The number of benzene rings is 2. The Bertz CT molecular complexity index is 1680. The van der Waals surface area contributed by atoms with Gasteiger partial charge < -0.3 is 24.8 Å². The maximum atomic E-state index is 14.6. The summed E-state index contributed by atoms with van der Waals surface area (Å²) in [5.74, 6) is -1.12. The van der Waals surface area contributed by atoms with E-state index in [1.54, 1.807) is 0 Å². The Hall–Kier alpha value is -4.21. The van der Waals surface area contributed by atoms with Gasteiger partial charge in [-0.25, -0.2) is 0 Å². The average molecular weight is 634 g/mol. The molecule has 3 aromatic rings. The van der Waals surface area contributed by atoms with Gasteiger partial charge in [-0.3, -0.25) is 4.79 Å². The van der Waals surface area contributed by atoms with Crippen LogP contribution in [0.5, 0.6) is 6.01 Å². The standard InChI is InChI=1S/C34H38F3N7O2/c1-22-6-3-7-23-8-4-10-30(31(22)23)43-16-12-26-28(40-33(41-29(26)20-43)46-21-25-9-5-15-42(25)2)18-27(34(35,36)37)32(45)44-17-14-39-24(19-44)11-13-38/h3-4,6-8,10,18,24-25,39H,5,9,11-12,14-17,19-21H2,1-2H3/t24-,25-/m0/s1. The molecule has 0 saturated carbocycles. The number of rotatable bonds is 7. The molecule has 1 amide bonds. The van der Waals surface area contributed by atoms with Crippen molar-refractivity contribution in [3.63, 3.8) is 0 Å². The van der Waals surface area contributed by atoms with E-state index in [9.17, 15) is 18.0 Å². The number of ether oxygens (including phenoxy) is 1. The van der Waals surface area contributed by atoms with E-state index in [2.05, 4.69) is 51.3 Å². The van der Waals surface area contributed by atoms with Crippen molar-refractivity contribution in [2.45, 2.75) is 57.4 Å². The summed E-state index contributed by atoms with van der Waals surface area (Å²) in [5.41, 5.74) is 2.09. The number of fused-ring (bicyclic) bond motifs is 2. The molecule has 1 N–H and O–H groups in total. The first-order valence-corrected chi connectivity index (χ1v) is 15.8. The van der Waals surface area contributed by atoms with Crippen LogP contribution in [0, 0.1) is 18.3 Å². The van der Waals surface area contributed by atoms with Crippen LogP contribution >= 0.6 is 0 Å². The van der Waals surface area contributed by atoms with Crippen LogP contribution in [0.25, 0.3) is 16.8 Å². The third-order valence-electron chi connectivity index (χ3n) is 9.28. The molecule has 0 radical (unpaired) electrons. The number of carbonyl (C=O) groups excluding carboxylic acids is 1. The number of alkyl halides is 3. The Morgan fingerprint density at radius 1 is 1.17 bits per heavy atom. The summed E-state index contributed by atoms with van der Waals surface area (Å²) in [4.78, 5) is 28.2. The lowest BCUT2D eigenvalue weighted by molar-refractivity contribution is -0.140. The van der Waals surface area contributed by atoms with Crippen LogP contribution in [0.2, 0.25) is 0 Å². The second kappa shape index (κ2) is 13.3. The number of carbonyl (C=O) groups is 1. The number of aromatic nitrogens is 2. The molecule has 2 atom stereocenters. The van der Waals surface area contributed by atoms with Crippen molar-refractivity contribution in [1.29, 1.82) is 5.26 Å². The van der Waals surface area contributed by atoms with Gasteiger partial charge >= 0.3 is 12.2 Å². The number of halogens is 3. The van der Waals surface area contributed by atoms with Crippen LogP contribution in [0.3, 0.4) is 0 Å². The van der Waals surface area contributed by atoms with Gasteiger partial charge in [-0.05, 0) is 62.9 Å². The molecule has 6 rings (SSSR count). The number of anilines is 1. The van der Waals surface area contributed by atoms with Crippen LogP contribution in [0.1, 0.15) is 41.8 Å². The SMILES string of the molecule is Cc1cccc2cccc(N3CCc4c(C=C(C(=O)N5CCN[C@@H](CC#N)C5)C(F)(F)F)nc(OC[C@@H]5CCCN5C)nc4C3)c12. The predicted molar refractivity (Wildman–Crippen MR) is 169 cm³/mol. The highest BCUT2D eigenvalue weighted by atomic mass is 19.4. The highest BCUT2D eigenvalue weighted by molar-refractivity contribution is 5.99. The molecule has 4 heterocycles. The number of nitrogens with zero attached hydrogens (tertiary/aromatic N) is 6. The number of hydrogen-bond donors (Lipinski definition) is 1. The molecule has 1 aromatic heterocycles. The molecule has 242 valence electrons. The number of likely N-dealkylation sites (N-methyl/N-ethyl adjacent to an activating group) is 1. The zero-order chi connectivity index (χ0) is 32.4. The van der Waals surface area contributed by atoms with E-state index in [0.29, 0.717) is 43.9 Å². The Labute approximate surface area is 266 Å². The Morgan fingerprint density at radius 2 is 1.98 bits per heavy atom. The number of likely N-dealkylation sites (tertiary alicyclic amines) is 1. The van der Waals surface area contributed by atoms with Gasteiger partial charge in [0, 0.05) is 54.9 Å². The maximum Gasteiger partial charge on any atom is 0.421 e. The summed E-state index contributed by atoms with van der Waals surface area (Å²) >= 11 is 0. The zero-order valence-corrected chi connectivity index (χ0v) is 26.1. The molecule has 12 heteroatoms. The van der Waals surface area contributed by atoms with E-state index < -0.39 is 17.7 Å². The van der Waals surface area contributed by atoms with Crippen molar-refractivity contribution in [3.05, 3.63) is 64.5 Å². The van der Waals surface area contributed by atoms with Crippen molar-refractivity contribution < 1.29 is 22.7 Å². The van der Waals surface area contributed by atoms with Gasteiger partial charge in [-0.1, -0.05) is 30.3 Å². The number of piperazine rings is 1. The van der Waals surface area contributed by atoms with Crippen molar-refractivity contribution >= 4 is 28.4 Å². The molecular weight excluding hydrogens is 595 g/mol. The lowest BCUT2D eigenvalue weighted by atomic mass is 9.98. The lowest BCUT2D eigenvalue weighted by Gasteiger charge is -2.34. The summed E-state index contributed by atoms with van der Waals surface area (Å²) in [6.45, 7) is 4.67. The molecule has 0 unspecified atom stereocenters.